The summed E-state index contributed by atoms with van der Waals surface area (Å²) in [5, 5.41) is 18.8. The highest BCUT2D eigenvalue weighted by atomic mass is 32.2. The van der Waals surface area contributed by atoms with Crippen LogP contribution < -0.4 is 0 Å². The van der Waals surface area contributed by atoms with E-state index in [1.807, 2.05) is 47.8 Å². The zero-order chi connectivity index (χ0) is 20.9. The number of rotatable bonds is 14. The van der Waals surface area contributed by atoms with E-state index < -0.39 is 0 Å². The second kappa shape index (κ2) is 13.8. The molecule has 0 aromatic heterocycles. The van der Waals surface area contributed by atoms with Crippen molar-refractivity contribution < 1.29 is 10.2 Å². The predicted octanol–water partition coefficient (Wildman–Crippen LogP) is 5.02. The first kappa shape index (κ1) is 23.9. The zero-order valence-electron chi connectivity index (χ0n) is 17.6. The summed E-state index contributed by atoms with van der Waals surface area (Å²) in [5.74, 6) is 2.72. The van der Waals surface area contributed by atoms with Gasteiger partial charge in [0.05, 0.1) is 0 Å². The van der Waals surface area contributed by atoms with Gasteiger partial charge in [-0.2, -0.15) is 0 Å². The van der Waals surface area contributed by atoms with Crippen molar-refractivity contribution in [1.29, 1.82) is 0 Å². The zero-order valence-corrected chi connectivity index (χ0v) is 19.2. The summed E-state index contributed by atoms with van der Waals surface area (Å²) in [6, 6.07) is 14.9. The molecule has 2 rings (SSSR count). The van der Waals surface area contributed by atoms with Crippen LogP contribution in [0.1, 0.15) is 20.3 Å². The minimum Gasteiger partial charge on any atom is -0.508 e. The Morgan fingerprint density at radius 3 is 1.45 bits per heavy atom. The molecule has 0 heterocycles. The molecule has 2 N–H and O–H groups in total. The summed E-state index contributed by atoms with van der Waals surface area (Å²) in [7, 11) is 0. The average Bonchev–Trinajstić information content (AvgIpc) is 2.73. The highest BCUT2D eigenvalue weighted by molar-refractivity contribution is 7.99. The second-order valence-corrected chi connectivity index (χ2v) is 9.24. The van der Waals surface area contributed by atoms with Crippen molar-refractivity contribution in [3.63, 3.8) is 0 Å². The molecule has 0 saturated carbocycles. The van der Waals surface area contributed by atoms with Gasteiger partial charge in [0.2, 0.25) is 0 Å². The van der Waals surface area contributed by atoms with Crippen molar-refractivity contribution in [2.75, 3.05) is 50.8 Å². The van der Waals surface area contributed by atoms with Gasteiger partial charge in [0.25, 0.3) is 0 Å². The van der Waals surface area contributed by atoms with E-state index in [4.69, 9.17) is 0 Å². The van der Waals surface area contributed by atoms with Crippen LogP contribution in [-0.2, 0) is 0 Å². The van der Waals surface area contributed by atoms with E-state index in [0.29, 0.717) is 11.5 Å². The molecule has 0 aliphatic heterocycles. The Bertz CT molecular complexity index is 625. The van der Waals surface area contributed by atoms with E-state index in [1.165, 1.54) is 16.2 Å². The van der Waals surface area contributed by atoms with E-state index >= 15 is 0 Å². The van der Waals surface area contributed by atoms with Crippen molar-refractivity contribution >= 4 is 23.5 Å². The van der Waals surface area contributed by atoms with E-state index in [-0.39, 0.29) is 0 Å². The Morgan fingerprint density at radius 2 is 1.03 bits per heavy atom. The number of hydrogen-bond donors (Lipinski definition) is 2. The summed E-state index contributed by atoms with van der Waals surface area (Å²) in [6.07, 6.45) is 1.19. The van der Waals surface area contributed by atoms with E-state index in [9.17, 15) is 10.2 Å². The van der Waals surface area contributed by atoms with Gasteiger partial charge >= 0.3 is 0 Å². The molecule has 160 valence electrons. The number of hydrogen-bond acceptors (Lipinski definition) is 6. The van der Waals surface area contributed by atoms with Crippen LogP contribution >= 0.6 is 23.5 Å². The highest BCUT2D eigenvalue weighted by Crippen LogP contribution is 2.22. The van der Waals surface area contributed by atoms with Crippen molar-refractivity contribution in [2.45, 2.75) is 30.1 Å². The maximum absolute atomic E-state index is 9.42. The molecule has 0 atom stereocenters. The third kappa shape index (κ3) is 9.81. The Morgan fingerprint density at radius 1 is 0.621 bits per heavy atom. The monoisotopic (exact) mass is 434 g/mol. The van der Waals surface area contributed by atoms with Crippen LogP contribution in [0.4, 0.5) is 0 Å². The lowest BCUT2D eigenvalue weighted by Gasteiger charge is -2.24. The van der Waals surface area contributed by atoms with Crippen molar-refractivity contribution in [1.82, 2.24) is 9.80 Å². The Labute approximate surface area is 184 Å². The third-order valence-corrected chi connectivity index (χ3v) is 6.85. The summed E-state index contributed by atoms with van der Waals surface area (Å²) >= 11 is 3.68. The molecule has 0 aliphatic rings. The summed E-state index contributed by atoms with van der Waals surface area (Å²) in [6.45, 7) is 11.1. The molecule has 0 amide bonds. The second-order valence-electron chi connectivity index (χ2n) is 6.91. The molecule has 0 aliphatic carbocycles. The topological polar surface area (TPSA) is 46.9 Å². The van der Waals surface area contributed by atoms with Crippen LogP contribution in [0, 0.1) is 0 Å². The number of thioether (sulfide) groups is 2. The smallest absolute Gasteiger partial charge is 0.115 e. The Hall–Kier alpha value is -1.34. The standard InChI is InChI=1S/C23H34N2O2S2/c1-3-24(4-2)14-5-15-25(16-18-28-22-10-6-20(26)7-11-22)17-19-29-23-12-8-21(27)9-13-23/h6-13,26-27H,3-5,14-19H2,1-2H3. The van der Waals surface area contributed by atoms with Gasteiger partial charge in [0, 0.05) is 34.4 Å². The number of phenols is 2. The van der Waals surface area contributed by atoms with Crippen molar-refractivity contribution in [3.8, 4) is 11.5 Å². The summed E-state index contributed by atoms with van der Waals surface area (Å²) in [4.78, 5) is 7.44. The average molecular weight is 435 g/mol. The maximum Gasteiger partial charge on any atom is 0.115 e. The molecule has 0 spiro atoms. The lowest BCUT2D eigenvalue weighted by Crippen LogP contribution is -2.33. The minimum atomic E-state index is 0.318. The first-order valence-electron chi connectivity index (χ1n) is 10.4. The van der Waals surface area contributed by atoms with Crippen LogP contribution in [0.15, 0.2) is 58.3 Å². The Balaban J connectivity index is 1.78. The van der Waals surface area contributed by atoms with Gasteiger partial charge in [-0.05, 0) is 81.1 Å². The van der Waals surface area contributed by atoms with Gasteiger partial charge in [0.15, 0.2) is 0 Å². The Kier molecular flexibility index (Phi) is 11.4. The van der Waals surface area contributed by atoms with Gasteiger partial charge in [-0.3, -0.25) is 0 Å². The molecule has 2 aromatic rings. The molecule has 0 saturated heterocycles. The van der Waals surface area contributed by atoms with E-state index in [1.54, 1.807) is 24.3 Å². The molecule has 6 heteroatoms. The van der Waals surface area contributed by atoms with Crippen LogP contribution in [0.3, 0.4) is 0 Å². The van der Waals surface area contributed by atoms with Crippen LogP contribution in [-0.4, -0.2) is 70.8 Å². The third-order valence-electron chi connectivity index (χ3n) is 4.87. The normalized spacial score (nSPS) is 11.4. The van der Waals surface area contributed by atoms with Gasteiger partial charge in [0.1, 0.15) is 11.5 Å². The molecule has 0 bridgehead atoms. The fourth-order valence-electron chi connectivity index (χ4n) is 3.06. The molecule has 29 heavy (non-hydrogen) atoms. The molecular weight excluding hydrogens is 400 g/mol. The molecule has 0 radical (unpaired) electrons. The molecule has 0 unspecified atom stereocenters. The maximum atomic E-state index is 9.42. The first-order chi connectivity index (χ1) is 14.1. The van der Waals surface area contributed by atoms with Gasteiger partial charge in [-0.1, -0.05) is 13.8 Å². The van der Waals surface area contributed by atoms with Crippen LogP contribution in [0.2, 0.25) is 0 Å². The number of aromatic hydroxyl groups is 2. The van der Waals surface area contributed by atoms with Gasteiger partial charge in [-0.25, -0.2) is 0 Å². The summed E-state index contributed by atoms with van der Waals surface area (Å²) in [5.41, 5.74) is 0. The molecule has 2 aromatic carbocycles. The fraction of sp³-hybridized carbons (Fsp3) is 0.478. The lowest BCUT2D eigenvalue weighted by molar-refractivity contribution is 0.253. The SMILES string of the molecule is CCN(CC)CCCN(CCSc1ccc(O)cc1)CCSc1ccc(O)cc1. The quantitative estimate of drug-likeness (QED) is 0.407. The minimum absolute atomic E-state index is 0.318. The van der Waals surface area contributed by atoms with Crippen LogP contribution in [0.5, 0.6) is 11.5 Å². The van der Waals surface area contributed by atoms with Gasteiger partial charge < -0.3 is 20.0 Å². The van der Waals surface area contributed by atoms with Crippen LogP contribution in [0.25, 0.3) is 0 Å². The molecule has 4 nitrogen and oxygen atoms in total. The van der Waals surface area contributed by atoms with Gasteiger partial charge in [-0.15, -0.1) is 23.5 Å². The number of nitrogens with zero attached hydrogens (tertiary/aromatic N) is 2. The number of phenolic OH excluding ortho intramolecular Hbond substituents is 2. The molecular formula is C23H34N2O2S2. The fourth-order valence-corrected chi connectivity index (χ4v) is 4.89. The summed E-state index contributed by atoms with van der Waals surface area (Å²) < 4.78 is 0. The van der Waals surface area contributed by atoms with Crippen molar-refractivity contribution in [3.05, 3.63) is 48.5 Å². The lowest BCUT2D eigenvalue weighted by atomic mass is 10.3. The van der Waals surface area contributed by atoms with E-state index in [2.05, 4.69) is 23.6 Å². The highest BCUT2D eigenvalue weighted by Gasteiger charge is 2.08. The first-order valence-corrected chi connectivity index (χ1v) is 12.4. The van der Waals surface area contributed by atoms with Crippen molar-refractivity contribution in [2.24, 2.45) is 0 Å². The molecule has 0 fully saturated rings. The van der Waals surface area contributed by atoms with E-state index in [0.717, 1.165) is 50.8 Å². The predicted molar refractivity (Wildman–Crippen MR) is 127 cm³/mol. The largest absolute Gasteiger partial charge is 0.508 e. The number of benzene rings is 2.